The molecule has 0 spiro atoms. The predicted molar refractivity (Wildman–Crippen MR) is 95.7 cm³/mol. The van der Waals surface area contributed by atoms with Crippen LogP contribution >= 0.6 is 0 Å². The second-order valence-electron chi connectivity index (χ2n) is 6.31. The van der Waals surface area contributed by atoms with Crippen molar-refractivity contribution in [3.8, 4) is 0 Å². The van der Waals surface area contributed by atoms with Gasteiger partial charge in [0.15, 0.2) is 5.78 Å². The number of esters is 1. The molecule has 3 atom stereocenters. The minimum atomic E-state index is -0.833. The highest BCUT2D eigenvalue weighted by atomic mass is 16.5. The monoisotopic (exact) mass is 356 g/mol. The number of hydrogen-bond donors (Lipinski definition) is 2. The summed E-state index contributed by atoms with van der Waals surface area (Å²) in [6.07, 6.45) is 1.41. The first-order valence-corrected chi connectivity index (χ1v) is 8.92. The van der Waals surface area contributed by atoms with Crippen LogP contribution < -0.4 is 5.32 Å². The van der Waals surface area contributed by atoms with Crippen molar-refractivity contribution in [2.24, 2.45) is 5.92 Å². The van der Waals surface area contributed by atoms with E-state index in [0.717, 1.165) is 12.6 Å². The van der Waals surface area contributed by atoms with E-state index in [0.29, 0.717) is 13.0 Å². The van der Waals surface area contributed by atoms with Crippen LogP contribution in [0.25, 0.3) is 0 Å². The van der Waals surface area contributed by atoms with Crippen molar-refractivity contribution in [1.29, 1.82) is 5.41 Å². The lowest BCUT2D eigenvalue weighted by molar-refractivity contribution is -0.153. The van der Waals surface area contributed by atoms with E-state index in [2.05, 4.69) is 5.32 Å². The molecule has 0 aromatic rings. The van der Waals surface area contributed by atoms with E-state index in [-0.39, 0.29) is 36.6 Å². The summed E-state index contributed by atoms with van der Waals surface area (Å²) >= 11 is 0. The summed E-state index contributed by atoms with van der Waals surface area (Å²) in [5.74, 6) is -1.17. The summed E-state index contributed by atoms with van der Waals surface area (Å²) in [5, 5.41) is 9.61. The Morgan fingerprint density at radius 3 is 2.28 bits per heavy atom. The highest BCUT2D eigenvalue weighted by Crippen LogP contribution is 2.13. The molecule has 144 valence electrons. The highest BCUT2D eigenvalue weighted by molar-refractivity contribution is 6.26. The maximum Gasteiger partial charge on any atom is 0.328 e. The normalized spacial score (nSPS) is 14.5. The van der Waals surface area contributed by atoms with E-state index < -0.39 is 18.1 Å². The number of nitrogens with one attached hydrogen (secondary N) is 2. The number of ether oxygens (including phenoxy) is 2. The smallest absolute Gasteiger partial charge is 0.328 e. The van der Waals surface area contributed by atoms with Gasteiger partial charge in [-0.25, -0.2) is 4.79 Å². The molecule has 25 heavy (non-hydrogen) atoms. The van der Waals surface area contributed by atoms with E-state index in [9.17, 15) is 14.4 Å². The number of carbonyl (C=O) groups excluding carboxylic acids is 3. The van der Waals surface area contributed by atoms with Gasteiger partial charge in [-0.05, 0) is 39.5 Å². The molecular formula is C18H32N2O5. The molecule has 1 amide bonds. The molecule has 2 N–H and O–H groups in total. The van der Waals surface area contributed by atoms with E-state index in [1.807, 2.05) is 20.8 Å². The Hall–Kier alpha value is -1.76. The maximum atomic E-state index is 12.5. The lowest BCUT2D eigenvalue weighted by atomic mass is 10.00. The molecular weight excluding hydrogens is 324 g/mol. The topological polar surface area (TPSA) is 106 Å². The Morgan fingerprint density at radius 1 is 1.16 bits per heavy atom. The standard InChI is InChI=1S/C18H32N2O5/c1-6-13(5)16(24-7-2)17(22)20-15(18(23)25-12(3)4)10-8-9-14(21)11-19/h11-13,15-16,19H,6-10H2,1-5H3,(H,20,22)/t13?,15-,16-/m0/s1. The SMILES string of the molecule is CCO[C@H](C(=O)N[C@@H](CCCC(=O)C=N)C(=O)OC(C)C)C(C)CC. The average Bonchev–Trinajstić information content (AvgIpc) is 2.56. The van der Waals surface area contributed by atoms with Crippen molar-refractivity contribution in [2.45, 2.75) is 78.6 Å². The fourth-order valence-corrected chi connectivity index (χ4v) is 2.26. The first-order valence-electron chi connectivity index (χ1n) is 8.92. The first-order chi connectivity index (χ1) is 11.8. The fraction of sp³-hybridized carbons (Fsp3) is 0.778. The third-order valence-corrected chi connectivity index (χ3v) is 3.80. The summed E-state index contributed by atoms with van der Waals surface area (Å²) in [4.78, 5) is 36.0. The third-order valence-electron chi connectivity index (χ3n) is 3.80. The van der Waals surface area contributed by atoms with Crippen LogP contribution in [0.1, 0.15) is 60.3 Å². The molecule has 7 heteroatoms. The number of ketones is 1. The molecule has 0 bridgehead atoms. The van der Waals surface area contributed by atoms with Gasteiger partial charge in [-0.2, -0.15) is 0 Å². The number of rotatable bonds is 13. The number of carbonyl (C=O) groups is 3. The Kier molecular flexibility index (Phi) is 11.7. The third kappa shape index (κ3) is 9.34. The molecule has 0 aromatic heterocycles. The Morgan fingerprint density at radius 2 is 1.80 bits per heavy atom. The zero-order valence-electron chi connectivity index (χ0n) is 16.0. The van der Waals surface area contributed by atoms with Crippen LogP contribution in [0.3, 0.4) is 0 Å². The molecule has 0 heterocycles. The van der Waals surface area contributed by atoms with Crippen molar-refractivity contribution in [2.75, 3.05) is 6.61 Å². The molecule has 0 saturated carbocycles. The molecule has 0 aliphatic rings. The second kappa shape index (κ2) is 12.6. The van der Waals surface area contributed by atoms with Gasteiger partial charge in [-0.15, -0.1) is 0 Å². The van der Waals surface area contributed by atoms with Gasteiger partial charge in [0.2, 0.25) is 5.91 Å². The fourth-order valence-electron chi connectivity index (χ4n) is 2.26. The van der Waals surface area contributed by atoms with Crippen LogP contribution in [0, 0.1) is 11.3 Å². The average molecular weight is 356 g/mol. The van der Waals surface area contributed by atoms with Crippen molar-refractivity contribution in [1.82, 2.24) is 5.32 Å². The first kappa shape index (κ1) is 23.2. The summed E-state index contributed by atoms with van der Waals surface area (Å²) < 4.78 is 10.7. The Balaban J connectivity index is 4.98. The van der Waals surface area contributed by atoms with Crippen LogP contribution in [-0.2, 0) is 23.9 Å². The zero-order chi connectivity index (χ0) is 19.4. The Labute approximate surface area is 150 Å². The van der Waals surface area contributed by atoms with E-state index in [4.69, 9.17) is 14.9 Å². The van der Waals surface area contributed by atoms with Crippen LogP contribution in [0.4, 0.5) is 0 Å². The van der Waals surface area contributed by atoms with Gasteiger partial charge in [0.05, 0.1) is 12.3 Å². The highest BCUT2D eigenvalue weighted by Gasteiger charge is 2.30. The van der Waals surface area contributed by atoms with Crippen molar-refractivity contribution < 1.29 is 23.9 Å². The minimum absolute atomic E-state index is 0.0150. The van der Waals surface area contributed by atoms with Crippen molar-refractivity contribution in [3.05, 3.63) is 0 Å². The molecule has 0 aliphatic carbocycles. The van der Waals surface area contributed by atoms with E-state index in [1.54, 1.807) is 13.8 Å². The summed E-state index contributed by atoms with van der Waals surface area (Å²) in [7, 11) is 0. The maximum absolute atomic E-state index is 12.5. The number of Topliss-reactive ketones (excluding diaryl/α,β-unsaturated/α-hetero) is 1. The van der Waals surface area contributed by atoms with Gasteiger partial charge >= 0.3 is 5.97 Å². The minimum Gasteiger partial charge on any atom is -0.461 e. The van der Waals surface area contributed by atoms with Gasteiger partial charge in [-0.3, -0.25) is 9.59 Å². The van der Waals surface area contributed by atoms with Crippen LogP contribution in [0.15, 0.2) is 0 Å². The van der Waals surface area contributed by atoms with Crippen molar-refractivity contribution in [3.63, 3.8) is 0 Å². The van der Waals surface area contributed by atoms with Crippen LogP contribution in [-0.4, -0.2) is 48.7 Å². The predicted octanol–water partition coefficient (Wildman–Crippen LogP) is 2.26. The largest absolute Gasteiger partial charge is 0.461 e. The molecule has 0 aliphatic heterocycles. The summed E-state index contributed by atoms with van der Waals surface area (Å²) in [6.45, 7) is 9.57. The van der Waals surface area contributed by atoms with Gasteiger partial charge < -0.3 is 20.2 Å². The molecule has 0 fully saturated rings. The lowest BCUT2D eigenvalue weighted by Gasteiger charge is -2.25. The molecule has 0 rings (SSSR count). The number of amides is 1. The Bertz CT molecular complexity index is 451. The van der Waals surface area contributed by atoms with Gasteiger partial charge in [0, 0.05) is 13.0 Å². The van der Waals surface area contributed by atoms with Gasteiger partial charge in [0.25, 0.3) is 0 Å². The molecule has 7 nitrogen and oxygen atoms in total. The summed E-state index contributed by atoms with van der Waals surface area (Å²) in [5.41, 5.74) is 0. The quantitative estimate of drug-likeness (QED) is 0.389. The zero-order valence-corrected chi connectivity index (χ0v) is 16.0. The molecule has 0 radical (unpaired) electrons. The second-order valence-corrected chi connectivity index (χ2v) is 6.31. The van der Waals surface area contributed by atoms with Crippen LogP contribution in [0.5, 0.6) is 0 Å². The van der Waals surface area contributed by atoms with Crippen LogP contribution in [0.2, 0.25) is 0 Å². The number of hydrogen-bond acceptors (Lipinski definition) is 6. The molecule has 0 aromatic carbocycles. The van der Waals surface area contributed by atoms with Gasteiger partial charge in [-0.1, -0.05) is 20.3 Å². The van der Waals surface area contributed by atoms with E-state index in [1.165, 1.54) is 0 Å². The lowest BCUT2D eigenvalue weighted by Crippen LogP contribution is -2.49. The van der Waals surface area contributed by atoms with Gasteiger partial charge in [0.1, 0.15) is 12.1 Å². The van der Waals surface area contributed by atoms with Crippen molar-refractivity contribution >= 4 is 23.9 Å². The molecule has 1 unspecified atom stereocenters. The van der Waals surface area contributed by atoms with E-state index >= 15 is 0 Å². The summed E-state index contributed by atoms with van der Waals surface area (Å²) in [6, 6.07) is -0.833. The molecule has 0 saturated heterocycles.